The number of hydrogen-bond donors (Lipinski definition) is 1. The predicted molar refractivity (Wildman–Crippen MR) is 134 cm³/mol. The maximum absolute atomic E-state index is 13.7. The lowest BCUT2D eigenvalue weighted by Crippen LogP contribution is -2.61. The number of hydrogen-bond acceptors (Lipinski definition) is 10. The summed E-state index contributed by atoms with van der Waals surface area (Å²) in [5, 5.41) is 12.1. The molecule has 11 heteroatoms. The zero-order valence-corrected chi connectivity index (χ0v) is 22.9. The minimum atomic E-state index is -1.84. The predicted octanol–water partition coefficient (Wildman–Crippen LogP) is 1.93. The van der Waals surface area contributed by atoms with E-state index in [0.717, 1.165) is 18.4 Å². The van der Waals surface area contributed by atoms with Gasteiger partial charge in [-0.25, -0.2) is 4.79 Å². The van der Waals surface area contributed by atoms with Crippen molar-refractivity contribution < 1.29 is 48.2 Å². The SMILES string of the molecule is C[C@]12CCC(=O)C=C1CC[C@@H]1[C@H]2C(=O)C[C@@]2(C)[C@@H]1CC[C@]2(O)C(=O)COC(=O)CCC(=O)ON1C(=O)CCC1=O. The fourth-order valence-corrected chi connectivity index (χ4v) is 8.19. The molecule has 6 atom stereocenters. The van der Waals surface area contributed by atoms with Crippen LogP contribution in [-0.2, 0) is 43.1 Å². The van der Waals surface area contributed by atoms with E-state index in [1.54, 1.807) is 13.0 Å². The summed E-state index contributed by atoms with van der Waals surface area (Å²) in [6.07, 6.45) is 3.94. The summed E-state index contributed by atoms with van der Waals surface area (Å²) < 4.78 is 5.07. The van der Waals surface area contributed by atoms with E-state index in [9.17, 15) is 38.7 Å². The number of ether oxygens (including phenoxy) is 1. The smallest absolute Gasteiger partial charge is 0.333 e. The lowest BCUT2D eigenvalue weighted by Gasteiger charge is -2.57. The van der Waals surface area contributed by atoms with Crippen molar-refractivity contribution in [1.29, 1.82) is 0 Å². The number of rotatable bonds is 7. The number of carbonyl (C=O) groups is 7. The maximum Gasteiger partial charge on any atom is 0.333 e. The van der Waals surface area contributed by atoms with E-state index in [0.29, 0.717) is 24.3 Å². The van der Waals surface area contributed by atoms with Crippen molar-refractivity contribution in [1.82, 2.24) is 5.06 Å². The van der Waals surface area contributed by atoms with Gasteiger partial charge in [0.05, 0.1) is 12.8 Å². The maximum atomic E-state index is 13.7. The molecule has 4 fully saturated rings. The highest BCUT2D eigenvalue weighted by molar-refractivity contribution is 6.01. The third-order valence-electron chi connectivity index (χ3n) is 10.4. The van der Waals surface area contributed by atoms with E-state index in [1.807, 2.05) is 0 Å². The summed E-state index contributed by atoms with van der Waals surface area (Å²) in [5.74, 6) is -4.01. The van der Waals surface area contributed by atoms with Gasteiger partial charge in [-0.2, -0.15) is 0 Å². The van der Waals surface area contributed by atoms with Crippen LogP contribution >= 0.6 is 0 Å². The monoisotopic (exact) mass is 557 g/mol. The van der Waals surface area contributed by atoms with E-state index in [-0.39, 0.29) is 60.4 Å². The van der Waals surface area contributed by atoms with Crippen LogP contribution in [0.2, 0.25) is 0 Å². The van der Waals surface area contributed by atoms with Crippen LogP contribution in [0.25, 0.3) is 0 Å². The first-order chi connectivity index (χ1) is 18.8. The van der Waals surface area contributed by atoms with E-state index in [2.05, 4.69) is 6.92 Å². The molecule has 2 amide bonds. The van der Waals surface area contributed by atoms with Crippen LogP contribution in [-0.4, -0.2) is 63.5 Å². The van der Waals surface area contributed by atoms with Crippen molar-refractivity contribution in [2.45, 2.75) is 90.1 Å². The normalized spacial score (nSPS) is 36.9. The lowest BCUT2D eigenvalue weighted by atomic mass is 9.46. The van der Waals surface area contributed by atoms with Crippen LogP contribution in [0.4, 0.5) is 0 Å². The lowest BCUT2D eigenvalue weighted by molar-refractivity contribution is -0.197. The fraction of sp³-hybridized carbons (Fsp3) is 0.690. The van der Waals surface area contributed by atoms with Crippen LogP contribution in [0, 0.1) is 28.6 Å². The van der Waals surface area contributed by atoms with Crippen molar-refractivity contribution >= 4 is 41.1 Å². The quantitative estimate of drug-likeness (QED) is 0.362. The highest BCUT2D eigenvalue weighted by Gasteiger charge is 2.68. The van der Waals surface area contributed by atoms with E-state index in [1.165, 1.54) is 0 Å². The first-order valence-electron chi connectivity index (χ1n) is 14.0. The molecule has 1 N–H and O–H groups in total. The number of allylic oxidation sites excluding steroid dienone is 1. The summed E-state index contributed by atoms with van der Waals surface area (Å²) in [4.78, 5) is 91.0. The van der Waals surface area contributed by atoms with Gasteiger partial charge in [-0.1, -0.05) is 19.4 Å². The average molecular weight is 558 g/mol. The Morgan fingerprint density at radius 1 is 0.950 bits per heavy atom. The molecule has 0 unspecified atom stereocenters. The number of Topliss-reactive ketones (excluding diaryl/α,β-unsaturated/α-hetero) is 2. The molecule has 0 aromatic carbocycles. The van der Waals surface area contributed by atoms with Crippen LogP contribution in [0.5, 0.6) is 0 Å². The Morgan fingerprint density at radius 2 is 1.62 bits per heavy atom. The van der Waals surface area contributed by atoms with Gasteiger partial charge in [-0.05, 0) is 55.4 Å². The molecule has 3 saturated carbocycles. The number of amides is 2. The molecule has 1 aliphatic heterocycles. The second-order valence-corrected chi connectivity index (χ2v) is 12.4. The minimum Gasteiger partial charge on any atom is -0.458 e. The summed E-state index contributed by atoms with van der Waals surface area (Å²) in [6, 6.07) is 0. The average Bonchev–Trinajstić information content (AvgIpc) is 3.36. The van der Waals surface area contributed by atoms with Crippen molar-refractivity contribution in [3.8, 4) is 0 Å². The molecular formula is C29H35NO10. The summed E-state index contributed by atoms with van der Waals surface area (Å²) in [5.41, 5.74) is -2.18. The zero-order valence-electron chi connectivity index (χ0n) is 22.9. The van der Waals surface area contributed by atoms with E-state index in [4.69, 9.17) is 9.57 Å². The Bertz CT molecular complexity index is 1220. The first-order valence-corrected chi connectivity index (χ1v) is 14.0. The van der Waals surface area contributed by atoms with Crippen molar-refractivity contribution in [3.63, 3.8) is 0 Å². The third-order valence-corrected chi connectivity index (χ3v) is 10.4. The largest absolute Gasteiger partial charge is 0.458 e. The number of nitrogens with zero attached hydrogens (tertiary/aromatic N) is 1. The van der Waals surface area contributed by atoms with Crippen LogP contribution in [0.15, 0.2) is 11.6 Å². The molecule has 5 rings (SSSR count). The van der Waals surface area contributed by atoms with Gasteiger partial charge < -0.3 is 14.7 Å². The molecular weight excluding hydrogens is 522 g/mol. The molecule has 0 aromatic rings. The standard InChI is InChI=1S/C29H35NO10/c1-27-11-9-17(31)13-16(27)3-4-18-19-10-12-29(38,28(19,2)14-20(32)26(18)27)21(33)15-39-24(36)7-8-25(37)40-30-22(34)5-6-23(30)35/h13,18-19,26,38H,3-12,14-15H2,1-2H3/t18-,19+,26-,27-,28-,29-/m0/s1. The summed E-state index contributed by atoms with van der Waals surface area (Å²) in [6.45, 7) is 3.16. The van der Waals surface area contributed by atoms with Crippen LogP contribution < -0.4 is 0 Å². The van der Waals surface area contributed by atoms with Crippen LogP contribution in [0.1, 0.15) is 84.5 Å². The topological polar surface area (TPSA) is 161 Å². The molecule has 0 radical (unpaired) electrons. The third kappa shape index (κ3) is 4.42. The molecule has 1 heterocycles. The van der Waals surface area contributed by atoms with Gasteiger partial charge >= 0.3 is 11.9 Å². The number of esters is 1. The molecule has 216 valence electrons. The first kappa shape index (κ1) is 28.3. The molecule has 11 nitrogen and oxygen atoms in total. The Morgan fingerprint density at radius 3 is 2.33 bits per heavy atom. The number of hydroxylamine groups is 2. The number of ketones is 3. The van der Waals surface area contributed by atoms with Gasteiger partial charge in [0, 0.05) is 37.0 Å². The zero-order chi connectivity index (χ0) is 29.0. The van der Waals surface area contributed by atoms with Crippen molar-refractivity contribution in [2.75, 3.05) is 6.61 Å². The molecule has 5 aliphatic rings. The van der Waals surface area contributed by atoms with Crippen molar-refractivity contribution in [2.24, 2.45) is 28.6 Å². The van der Waals surface area contributed by atoms with Gasteiger partial charge in [-0.15, -0.1) is 5.06 Å². The molecule has 40 heavy (non-hydrogen) atoms. The number of fused-ring (bicyclic) bond motifs is 5. The van der Waals surface area contributed by atoms with Gasteiger partial charge in [-0.3, -0.25) is 28.8 Å². The molecule has 0 spiro atoms. The molecule has 1 saturated heterocycles. The number of carbonyl (C=O) groups excluding carboxylic acids is 7. The second kappa shape index (κ2) is 10.0. The minimum absolute atomic E-state index is 0.00444. The van der Waals surface area contributed by atoms with Gasteiger partial charge in [0.15, 0.2) is 12.4 Å². The van der Waals surface area contributed by atoms with Gasteiger partial charge in [0.1, 0.15) is 11.4 Å². The Hall–Kier alpha value is -3.21. The van der Waals surface area contributed by atoms with E-state index >= 15 is 0 Å². The highest BCUT2D eigenvalue weighted by atomic mass is 16.7. The Labute approximate surface area is 231 Å². The molecule has 0 aromatic heterocycles. The van der Waals surface area contributed by atoms with Gasteiger partial charge in [0.2, 0.25) is 5.78 Å². The Kier molecular flexibility index (Phi) is 7.09. The molecule has 4 aliphatic carbocycles. The van der Waals surface area contributed by atoms with Crippen molar-refractivity contribution in [3.05, 3.63) is 11.6 Å². The summed E-state index contributed by atoms with van der Waals surface area (Å²) >= 11 is 0. The number of imide groups is 1. The second-order valence-electron chi connectivity index (χ2n) is 12.4. The molecule has 0 bridgehead atoms. The van der Waals surface area contributed by atoms with Crippen LogP contribution in [0.3, 0.4) is 0 Å². The van der Waals surface area contributed by atoms with E-state index < -0.39 is 60.0 Å². The highest BCUT2D eigenvalue weighted by Crippen LogP contribution is 2.66. The van der Waals surface area contributed by atoms with Gasteiger partial charge in [0.25, 0.3) is 11.8 Å². The summed E-state index contributed by atoms with van der Waals surface area (Å²) in [7, 11) is 0. The fourth-order valence-electron chi connectivity index (χ4n) is 8.19. The number of aliphatic hydroxyl groups is 1. The Balaban J connectivity index is 1.20.